The predicted molar refractivity (Wildman–Crippen MR) is 98.2 cm³/mol. The van der Waals surface area contributed by atoms with Gasteiger partial charge in [0.25, 0.3) is 5.56 Å². The maximum Gasteiger partial charge on any atom is 0.250 e. The van der Waals surface area contributed by atoms with Crippen LogP contribution in [-0.4, -0.2) is 16.5 Å². The third kappa shape index (κ3) is 5.51. The van der Waals surface area contributed by atoms with Crippen LogP contribution in [0.4, 0.5) is 0 Å². The summed E-state index contributed by atoms with van der Waals surface area (Å²) in [4.78, 5) is 23.6. The summed E-state index contributed by atoms with van der Waals surface area (Å²) in [6.45, 7) is 4.65. The zero-order chi connectivity index (χ0) is 16.8. The van der Waals surface area contributed by atoms with Crippen LogP contribution < -0.4 is 16.6 Å². The Labute approximate surface area is 148 Å². The minimum atomic E-state index is -0.209. The van der Waals surface area contributed by atoms with Crippen molar-refractivity contribution in [2.24, 2.45) is 11.7 Å². The SMILES string of the molecule is CC(N)C(C)C(=O)NCc1ccc(Cn2ccccc2=O)cc1.Cl. The average Bonchev–Trinajstić information content (AvgIpc) is 2.55. The third-order valence-corrected chi connectivity index (χ3v) is 3.94. The minimum absolute atomic E-state index is 0. The number of hydrogen-bond donors (Lipinski definition) is 2. The molecule has 1 heterocycles. The Kier molecular flexibility index (Phi) is 7.68. The first-order valence-corrected chi connectivity index (χ1v) is 7.74. The van der Waals surface area contributed by atoms with Crippen LogP contribution in [0.3, 0.4) is 0 Å². The van der Waals surface area contributed by atoms with E-state index in [2.05, 4.69) is 5.32 Å². The first-order chi connectivity index (χ1) is 11.0. The maximum absolute atomic E-state index is 11.9. The molecule has 130 valence electrons. The molecule has 0 spiro atoms. The van der Waals surface area contributed by atoms with E-state index in [0.717, 1.165) is 11.1 Å². The molecule has 6 heteroatoms. The highest BCUT2D eigenvalue weighted by atomic mass is 35.5. The second kappa shape index (κ2) is 9.25. The summed E-state index contributed by atoms with van der Waals surface area (Å²) >= 11 is 0. The molecule has 0 aliphatic heterocycles. The van der Waals surface area contributed by atoms with Gasteiger partial charge < -0.3 is 15.6 Å². The van der Waals surface area contributed by atoms with Crippen molar-refractivity contribution in [2.75, 3.05) is 0 Å². The number of amides is 1. The Hall–Kier alpha value is -2.11. The van der Waals surface area contributed by atoms with Gasteiger partial charge in [0.2, 0.25) is 5.91 Å². The van der Waals surface area contributed by atoms with E-state index in [9.17, 15) is 9.59 Å². The van der Waals surface area contributed by atoms with E-state index in [1.165, 1.54) is 0 Å². The van der Waals surface area contributed by atoms with E-state index in [0.29, 0.717) is 13.1 Å². The minimum Gasteiger partial charge on any atom is -0.352 e. The second-order valence-electron chi connectivity index (χ2n) is 5.85. The third-order valence-electron chi connectivity index (χ3n) is 3.94. The van der Waals surface area contributed by atoms with E-state index >= 15 is 0 Å². The van der Waals surface area contributed by atoms with Crippen molar-refractivity contribution in [3.63, 3.8) is 0 Å². The molecular formula is C18H24ClN3O2. The van der Waals surface area contributed by atoms with E-state index in [1.54, 1.807) is 22.9 Å². The highest BCUT2D eigenvalue weighted by molar-refractivity contribution is 5.85. The number of benzene rings is 1. The van der Waals surface area contributed by atoms with Crippen molar-refractivity contribution >= 4 is 18.3 Å². The number of hydrogen-bond acceptors (Lipinski definition) is 3. The summed E-state index contributed by atoms with van der Waals surface area (Å²) in [7, 11) is 0. The van der Waals surface area contributed by atoms with Gasteiger partial charge in [-0.25, -0.2) is 0 Å². The van der Waals surface area contributed by atoms with Gasteiger partial charge in [-0.15, -0.1) is 12.4 Å². The number of nitrogens with one attached hydrogen (secondary N) is 1. The van der Waals surface area contributed by atoms with Gasteiger partial charge in [0, 0.05) is 30.8 Å². The van der Waals surface area contributed by atoms with Gasteiger partial charge in [0.15, 0.2) is 0 Å². The van der Waals surface area contributed by atoms with E-state index in [-0.39, 0.29) is 35.8 Å². The van der Waals surface area contributed by atoms with Crippen molar-refractivity contribution in [3.8, 4) is 0 Å². The normalized spacial score (nSPS) is 12.8. The average molecular weight is 350 g/mol. The molecule has 0 aliphatic carbocycles. The number of halogens is 1. The molecule has 3 N–H and O–H groups in total. The molecule has 2 aromatic rings. The quantitative estimate of drug-likeness (QED) is 0.836. The smallest absolute Gasteiger partial charge is 0.250 e. The van der Waals surface area contributed by atoms with Crippen LogP contribution in [-0.2, 0) is 17.9 Å². The van der Waals surface area contributed by atoms with Crippen LogP contribution in [0.1, 0.15) is 25.0 Å². The number of carbonyl (C=O) groups is 1. The van der Waals surface area contributed by atoms with E-state index < -0.39 is 0 Å². The topological polar surface area (TPSA) is 77.1 Å². The van der Waals surface area contributed by atoms with Gasteiger partial charge >= 0.3 is 0 Å². The summed E-state index contributed by atoms with van der Waals surface area (Å²) in [5.74, 6) is -0.251. The van der Waals surface area contributed by atoms with Gasteiger partial charge in [-0.1, -0.05) is 37.3 Å². The molecule has 2 atom stereocenters. The summed E-state index contributed by atoms with van der Waals surface area (Å²) < 4.78 is 1.65. The zero-order valence-electron chi connectivity index (χ0n) is 13.9. The van der Waals surface area contributed by atoms with Gasteiger partial charge in [-0.3, -0.25) is 9.59 Å². The van der Waals surface area contributed by atoms with Crippen LogP contribution in [0.25, 0.3) is 0 Å². The number of rotatable bonds is 6. The lowest BCUT2D eigenvalue weighted by Crippen LogP contribution is -2.38. The number of carbonyl (C=O) groups excluding carboxylic acids is 1. The molecule has 1 amide bonds. The molecule has 2 unspecified atom stereocenters. The number of nitrogens with zero attached hydrogens (tertiary/aromatic N) is 1. The zero-order valence-corrected chi connectivity index (χ0v) is 14.8. The first kappa shape index (κ1) is 19.9. The van der Waals surface area contributed by atoms with Gasteiger partial charge in [0.1, 0.15) is 0 Å². The Morgan fingerprint density at radius 2 is 1.75 bits per heavy atom. The summed E-state index contributed by atoms with van der Waals surface area (Å²) in [6, 6.07) is 12.8. The largest absolute Gasteiger partial charge is 0.352 e. The van der Waals surface area contributed by atoms with Crippen molar-refractivity contribution in [2.45, 2.75) is 33.0 Å². The van der Waals surface area contributed by atoms with Crippen LogP contribution in [0.5, 0.6) is 0 Å². The molecule has 0 saturated carbocycles. The molecule has 5 nitrogen and oxygen atoms in total. The van der Waals surface area contributed by atoms with Crippen molar-refractivity contribution in [1.29, 1.82) is 0 Å². The molecule has 1 aromatic carbocycles. The lowest BCUT2D eigenvalue weighted by Gasteiger charge is -2.15. The molecule has 0 aliphatic rings. The fraction of sp³-hybridized carbons (Fsp3) is 0.333. The molecular weight excluding hydrogens is 326 g/mol. The lowest BCUT2D eigenvalue weighted by molar-refractivity contribution is -0.125. The molecule has 0 radical (unpaired) electrons. The van der Waals surface area contributed by atoms with Gasteiger partial charge in [0.05, 0.1) is 6.54 Å². The molecule has 0 bridgehead atoms. The monoisotopic (exact) mass is 349 g/mol. The molecule has 1 aromatic heterocycles. The van der Waals surface area contributed by atoms with Crippen LogP contribution >= 0.6 is 12.4 Å². The lowest BCUT2D eigenvalue weighted by atomic mass is 10.0. The highest BCUT2D eigenvalue weighted by Gasteiger charge is 2.16. The number of aromatic nitrogens is 1. The fourth-order valence-corrected chi connectivity index (χ4v) is 2.14. The molecule has 0 saturated heterocycles. The second-order valence-corrected chi connectivity index (χ2v) is 5.85. The van der Waals surface area contributed by atoms with E-state index in [1.807, 2.05) is 44.2 Å². The van der Waals surface area contributed by atoms with Crippen molar-refractivity contribution in [3.05, 3.63) is 70.1 Å². The van der Waals surface area contributed by atoms with E-state index in [4.69, 9.17) is 5.73 Å². The van der Waals surface area contributed by atoms with Gasteiger partial charge in [-0.05, 0) is 24.1 Å². The Morgan fingerprint density at radius 1 is 1.12 bits per heavy atom. The first-order valence-electron chi connectivity index (χ1n) is 7.74. The van der Waals surface area contributed by atoms with Crippen LogP contribution in [0, 0.1) is 5.92 Å². The summed E-state index contributed by atoms with van der Waals surface area (Å²) in [5, 5.41) is 2.88. The standard InChI is InChI=1S/C18H23N3O2.ClH/c1-13(14(2)19)18(23)20-11-15-6-8-16(9-7-15)12-21-10-4-3-5-17(21)22;/h3-10,13-14H,11-12,19H2,1-2H3,(H,20,23);1H. The van der Waals surface area contributed by atoms with Crippen LogP contribution in [0.15, 0.2) is 53.5 Å². The summed E-state index contributed by atoms with van der Waals surface area (Å²) in [5.41, 5.74) is 7.76. The van der Waals surface area contributed by atoms with Gasteiger partial charge in [-0.2, -0.15) is 0 Å². The molecule has 0 fully saturated rings. The fourth-order valence-electron chi connectivity index (χ4n) is 2.14. The Balaban J connectivity index is 0.00000288. The number of pyridine rings is 1. The number of nitrogens with two attached hydrogens (primary N) is 1. The maximum atomic E-state index is 11.9. The molecule has 24 heavy (non-hydrogen) atoms. The Bertz CT molecular complexity index is 711. The highest BCUT2D eigenvalue weighted by Crippen LogP contribution is 2.07. The van der Waals surface area contributed by atoms with Crippen molar-refractivity contribution < 1.29 is 4.79 Å². The Morgan fingerprint density at radius 3 is 2.33 bits per heavy atom. The van der Waals surface area contributed by atoms with Crippen molar-refractivity contribution in [1.82, 2.24) is 9.88 Å². The van der Waals surface area contributed by atoms with Crippen LogP contribution in [0.2, 0.25) is 0 Å². The predicted octanol–water partition coefficient (Wildman–Crippen LogP) is 1.92. The summed E-state index contributed by atoms with van der Waals surface area (Å²) in [6.07, 6.45) is 1.77. The molecule has 2 rings (SSSR count).